The average molecular weight is 248 g/mol. The largest absolute Gasteiger partial charge is 0.494 e. The fourth-order valence-corrected chi connectivity index (χ4v) is 2.33. The van der Waals surface area contributed by atoms with Crippen molar-refractivity contribution in [3.63, 3.8) is 0 Å². The predicted octanol–water partition coefficient (Wildman–Crippen LogP) is 2.06. The smallest absolute Gasteiger partial charge is 0.119 e. The Balaban J connectivity index is 1.62. The Morgan fingerprint density at radius 2 is 2.11 bits per heavy atom. The average Bonchev–Trinajstić information content (AvgIpc) is 2.37. The van der Waals surface area contributed by atoms with Gasteiger partial charge >= 0.3 is 0 Å². The Morgan fingerprint density at radius 3 is 2.83 bits per heavy atom. The van der Waals surface area contributed by atoms with Crippen molar-refractivity contribution in [1.82, 2.24) is 10.2 Å². The number of benzene rings is 1. The lowest BCUT2D eigenvalue weighted by molar-refractivity contribution is 0.189. The highest BCUT2D eigenvalue weighted by Gasteiger charge is 2.14. The van der Waals surface area contributed by atoms with Gasteiger partial charge in [0.1, 0.15) is 5.75 Å². The number of hydrogen-bond donors (Lipinski definition) is 1. The highest BCUT2D eigenvalue weighted by molar-refractivity contribution is 5.26. The van der Waals surface area contributed by atoms with Crippen LogP contribution in [0, 0.1) is 6.92 Å². The van der Waals surface area contributed by atoms with Crippen LogP contribution >= 0.6 is 0 Å². The first kappa shape index (κ1) is 13.4. The lowest BCUT2D eigenvalue weighted by atomic mass is 10.2. The van der Waals surface area contributed by atoms with Crippen molar-refractivity contribution in [3.8, 4) is 5.75 Å². The van der Waals surface area contributed by atoms with Crippen molar-refractivity contribution in [2.45, 2.75) is 26.3 Å². The van der Waals surface area contributed by atoms with Crippen LogP contribution < -0.4 is 10.1 Å². The van der Waals surface area contributed by atoms with E-state index in [1.54, 1.807) is 0 Å². The maximum atomic E-state index is 5.74. The maximum Gasteiger partial charge on any atom is 0.119 e. The van der Waals surface area contributed by atoms with Gasteiger partial charge < -0.3 is 15.0 Å². The molecule has 18 heavy (non-hydrogen) atoms. The van der Waals surface area contributed by atoms with Crippen LogP contribution in [-0.2, 0) is 0 Å². The summed E-state index contributed by atoms with van der Waals surface area (Å²) in [5, 5.41) is 3.46. The van der Waals surface area contributed by atoms with Gasteiger partial charge in [-0.3, -0.25) is 0 Å². The Bertz CT molecular complexity index is 350. The highest BCUT2D eigenvalue weighted by Crippen LogP contribution is 2.11. The van der Waals surface area contributed by atoms with Gasteiger partial charge in [0.25, 0.3) is 0 Å². The molecule has 1 unspecified atom stereocenters. The van der Waals surface area contributed by atoms with E-state index in [1.807, 2.05) is 12.1 Å². The number of hydrogen-bond acceptors (Lipinski definition) is 3. The fourth-order valence-electron chi connectivity index (χ4n) is 2.33. The summed E-state index contributed by atoms with van der Waals surface area (Å²) in [6, 6.07) is 8.89. The molecule has 1 N–H and O–H groups in total. The molecule has 100 valence electrons. The second-order valence-electron chi connectivity index (χ2n) is 5.17. The first-order valence-corrected chi connectivity index (χ1v) is 6.89. The first-order valence-electron chi connectivity index (χ1n) is 6.89. The van der Waals surface area contributed by atoms with Crippen molar-refractivity contribution in [2.75, 3.05) is 32.8 Å². The second kappa shape index (κ2) is 6.76. The van der Waals surface area contributed by atoms with Gasteiger partial charge in [-0.15, -0.1) is 0 Å². The van der Waals surface area contributed by atoms with Gasteiger partial charge in [-0.05, 0) is 32.4 Å². The molecule has 3 nitrogen and oxygen atoms in total. The summed E-state index contributed by atoms with van der Waals surface area (Å²) in [4.78, 5) is 2.51. The van der Waals surface area contributed by atoms with Crippen LogP contribution in [0.3, 0.4) is 0 Å². The molecule has 0 saturated carbocycles. The van der Waals surface area contributed by atoms with E-state index in [-0.39, 0.29) is 0 Å². The predicted molar refractivity (Wildman–Crippen MR) is 75.2 cm³/mol. The van der Waals surface area contributed by atoms with Crippen LogP contribution in [0.25, 0.3) is 0 Å². The van der Waals surface area contributed by atoms with Gasteiger partial charge in [0, 0.05) is 32.2 Å². The minimum Gasteiger partial charge on any atom is -0.494 e. The number of rotatable bonds is 5. The molecule has 1 heterocycles. The second-order valence-corrected chi connectivity index (χ2v) is 5.17. The third kappa shape index (κ3) is 4.31. The van der Waals surface area contributed by atoms with Crippen molar-refractivity contribution in [2.24, 2.45) is 0 Å². The summed E-state index contributed by atoms with van der Waals surface area (Å²) in [7, 11) is 0. The lowest BCUT2D eigenvalue weighted by Crippen LogP contribution is -2.49. The van der Waals surface area contributed by atoms with Crippen LogP contribution in [0.4, 0.5) is 0 Å². The molecule has 1 aliphatic rings. The van der Waals surface area contributed by atoms with E-state index in [4.69, 9.17) is 4.74 Å². The van der Waals surface area contributed by atoms with Crippen LogP contribution in [0.2, 0.25) is 0 Å². The fraction of sp³-hybridized carbons (Fsp3) is 0.600. The topological polar surface area (TPSA) is 24.5 Å². The first-order chi connectivity index (χ1) is 8.74. The van der Waals surface area contributed by atoms with E-state index >= 15 is 0 Å². The van der Waals surface area contributed by atoms with Gasteiger partial charge in [0.05, 0.1) is 6.61 Å². The molecule has 2 rings (SSSR count). The normalized spacial score (nSPS) is 20.9. The van der Waals surface area contributed by atoms with Crippen molar-refractivity contribution >= 4 is 0 Å². The minimum absolute atomic E-state index is 0.622. The highest BCUT2D eigenvalue weighted by atomic mass is 16.5. The van der Waals surface area contributed by atoms with Gasteiger partial charge in [0.15, 0.2) is 0 Å². The van der Waals surface area contributed by atoms with E-state index in [0.717, 1.165) is 45.0 Å². The van der Waals surface area contributed by atoms with Gasteiger partial charge in [-0.1, -0.05) is 17.7 Å². The number of aryl methyl sites for hydroxylation is 1. The summed E-state index contributed by atoms with van der Waals surface area (Å²) in [6.45, 7) is 9.71. The molecule has 1 fully saturated rings. The number of ether oxygens (including phenoxy) is 1. The molecular weight excluding hydrogens is 224 g/mol. The van der Waals surface area contributed by atoms with E-state index in [2.05, 4.69) is 36.2 Å². The monoisotopic (exact) mass is 248 g/mol. The summed E-state index contributed by atoms with van der Waals surface area (Å²) >= 11 is 0. The van der Waals surface area contributed by atoms with E-state index in [9.17, 15) is 0 Å². The molecule has 0 spiro atoms. The SMILES string of the molecule is Cc1ccc(OCCCN2CCNC(C)C2)cc1. The molecule has 0 bridgehead atoms. The maximum absolute atomic E-state index is 5.74. The lowest BCUT2D eigenvalue weighted by Gasteiger charge is -2.31. The molecule has 0 radical (unpaired) electrons. The zero-order valence-electron chi connectivity index (χ0n) is 11.5. The third-order valence-corrected chi connectivity index (χ3v) is 3.36. The number of piperazine rings is 1. The number of nitrogens with one attached hydrogen (secondary N) is 1. The Morgan fingerprint density at radius 1 is 1.33 bits per heavy atom. The van der Waals surface area contributed by atoms with E-state index in [0.29, 0.717) is 6.04 Å². The molecule has 1 aromatic carbocycles. The van der Waals surface area contributed by atoms with Crippen LogP contribution in [0.5, 0.6) is 5.75 Å². The molecule has 3 heteroatoms. The Labute approximate surface area is 110 Å². The van der Waals surface area contributed by atoms with Crippen molar-refractivity contribution < 1.29 is 4.74 Å². The minimum atomic E-state index is 0.622. The van der Waals surface area contributed by atoms with Crippen LogP contribution in [-0.4, -0.2) is 43.7 Å². The standard InChI is InChI=1S/C15H24N2O/c1-13-4-6-15(7-5-13)18-11-3-9-17-10-8-16-14(2)12-17/h4-7,14,16H,3,8-12H2,1-2H3. The zero-order chi connectivity index (χ0) is 12.8. The molecule has 1 aliphatic heterocycles. The third-order valence-electron chi connectivity index (χ3n) is 3.36. The van der Waals surface area contributed by atoms with E-state index < -0.39 is 0 Å². The Hall–Kier alpha value is -1.06. The van der Waals surface area contributed by atoms with Crippen molar-refractivity contribution in [1.29, 1.82) is 0 Å². The molecule has 0 aromatic heterocycles. The zero-order valence-corrected chi connectivity index (χ0v) is 11.5. The molecule has 0 amide bonds. The summed E-state index contributed by atoms with van der Waals surface area (Å²) in [5.74, 6) is 0.981. The molecular formula is C15H24N2O. The van der Waals surface area contributed by atoms with Crippen LogP contribution in [0.1, 0.15) is 18.9 Å². The van der Waals surface area contributed by atoms with Gasteiger partial charge in [0.2, 0.25) is 0 Å². The van der Waals surface area contributed by atoms with Gasteiger partial charge in [-0.25, -0.2) is 0 Å². The van der Waals surface area contributed by atoms with Gasteiger partial charge in [-0.2, -0.15) is 0 Å². The van der Waals surface area contributed by atoms with Crippen molar-refractivity contribution in [3.05, 3.63) is 29.8 Å². The molecule has 1 aromatic rings. The molecule has 1 saturated heterocycles. The quantitative estimate of drug-likeness (QED) is 0.807. The molecule has 1 atom stereocenters. The van der Waals surface area contributed by atoms with E-state index in [1.165, 1.54) is 5.56 Å². The Kier molecular flexibility index (Phi) is 5.02. The van der Waals surface area contributed by atoms with Crippen LogP contribution in [0.15, 0.2) is 24.3 Å². The summed E-state index contributed by atoms with van der Waals surface area (Å²) < 4.78 is 5.74. The number of nitrogens with zero attached hydrogens (tertiary/aromatic N) is 1. The summed E-state index contributed by atoms with van der Waals surface area (Å²) in [6.07, 6.45) is 1.10. The molecule has 0 aliphatic carbocycles. The summed E-state index contributed by atoms with van der Waals surface area (Å²) in [5.41, 5.74) is 1.28.